The Kier molecular flexibility index (Phi) is 6.96. The molecule has 34 heavy (non-hydrogen) atoms. The summed E-state index contributed by atoms with van der Waals surface area (Å²) >= 11 is 0. The van der Waals surface area contributed by atoms with Crippen molar-refractivity contribution in [2.45, 2.75) is 44.8 Å². The lowest BCUT2D eigenvalue weighted by Crippen LogP contribution is -2.47. The average molecular weight is 454 g/mol. The van der Waals surface area contributed by atoms with Gasteiger partial charge in [-0.1, -0.05) is 72.8 Å². The second kappa shape index (κ2) is 10.4. The average Bonchev–Trinajstić information content (AvgIpc) is 2.89. The van der Waals surface area contributed by atoms with Crippen molar-refractivity contribution in [1.82, 2.24) is 10.2 Å². The number of piperidine rings is 1. The van der Waals surface area contributed by atoms with Crippen molar-refractivity contribution in [3.8, 4) is 0 Å². The van der Waals surface area contributed by atoms with Gasteiger partial charge in [0.15, 0.2) is 0 Å². The van der Waals surface area contributed by atoms with Crippen LogP contribution in [0.1, 0.15) is 53.8 Å². The topological polar surface area (TPSA) is 35.6 Å². The Balaban J connectivity index is 1.22. The molecule has 2 aliphatic heterocycles. The summed E-state index contributed by atoms with van der Waals surface area (Å²) in [5, 5.41) is 3.25. The minimum Gasteiger partial charge on any atom is -0.347 e. The molecule has 0 aromatic heterocycles. The molecule has 3 aromatic rings. The lowest BCUT2D eigenvalue weighted by molar-refractivity contribution is 0.0925. The molecule has 3 aromatic carbocycles. The van der Waals surface area contributed by atoms with Gasteiger partial charge in [-0.2, -0.15) is 0 Å². The van der Waals surface area contributed by atoms with Gasteiger partial charge < -0.3 is 15.1 Å². The summed E-state index contributed by atoms with van der Waals surface area (Å²) in [5.41, 5.74) is 4.39. The third-order valence-electron chi connectivity index (χ3n) is 7.58. The number of nitrogens with one attached hydrogen (secondary N) is 1. The van der Waals surface area contributed by atoms with E-state index in [4.69, 9.17) is 0 Å². The minimum absolute atomic E-state index is 0.0152. The molecule has 0 aliphatic carbocycles. The number of fused-ring (bicyclic) bond motifs is 1. The van der Waals surface area contributed by atoms with E-state index in [1.165, 1.54) is 31.5 Å². The van der Waals surface area contributed by atoms with Gasteiger partial charge in [0, 0.05) is 12.6 Å². The minimum atomic E-state index is -0.116. The molecule has 1 saturated heterocycles. The summed E-state index contributed by atoms with van der Waals surface area (Å²) in [5.74, 6) is 0.739. The van der Waals surface area contributed by atoms with Crippen LogP contribution < -0.4 is 10.2 Å². The van der Waals surface area contributed by atoms with Crippen LogP contribution in [-0.4, -0.2) is 36.5 Å². The summed E-state index contributed by atoms with van der Waals surface area (Å²) in [6, 6.07) is 29.8. The molecule has 0 radical (unpaired) electrons. The van der Waals surface area contributed by atoms with Crippen LogP contribution in [0, 0.1) is 5.92 Å². The fourth-order valence-electron chi connectivity index (χ4n) is 5.57. The van der Waals surface area contributed by atoms with E-state index < -0.39 is 0 Å². The number of nitrogens with zero attached hydrogens (tertiary/aromatic N) is 2. The van der Waals surface area contributed by atoms with E-state index in [-0.39, 0.29) is 12.1 Å². The third-order valence-corrected chi connectivity index (χ3v) is 7.58. The van der Waals surface area contributed by atoms with Crippen LogP contribution in [0.4, 0.5) is 5.69 Å². The van der Waals surface area contributed by atoms with Crippen molar-refractivity contribution in [3.05, 3.63) is 102 Å². The van der Waals surface area contributed by atoms with Gasteiger partial charge in [-0.05, 0) is 74.9 Å². The van der Waals surface area contributed by atoms with E-state index in [0.29, 0.717) is 6.04 Å². The number of likely N-dealkylation sites (tertiary alicyclic amines) is 1. The van der Waals surface area contributed by atoms with E-state index in [1.807, 2.05) is 36.4 Å². The number of carbonyl (C=O) groups is 1. The molecule has 176 valence electrons. The van der Waals surface area contributed by atoms with Crippen molar-refractivity contribution >= 4 is 11.6 Å². The second-order valence-corrected chi connectivity index (χ2v) is 9.80. The van der Waals surface area contributed by atoms with Gasteiger partial charge in [0.1, 0.15) is 6.17 Å². The maximum absolute atomic E-state index is 12.8. The Morgan fingerprint density at radius 2 is 1.53 bits per heavy atom. The molecule has 5 rings (SSSR count). The molecule has 4 heteroatoms. The molecule has 2 heterocycles. The number of carbonyl (C=O) groups excluding carboxylic acids is 1. The molecule has 2 atom stereocenters. The summed E-state index contributed by atoms with van der Waals surface area (Å²) < 4.78 is 0. The zero-order chi connectivity index (χ0) is 23.3. The molecule has 1 N–H and O–H groups in total. The first-order chi connectivity index (χ1) is 16.7. The molecular weight excluding hydrogens is 418 g/mol. The Morgan fingerprint density at radius 1 is 0.882 bits per heavy atom. The molecule has 2 aliphatic rings. The fourth-order valence-corrected chi connectivity index (χ4v) is 5.57. The molecule has 1 fully saturated rings. The lowest BCUT2D eigenvalue weighted by Gasteiger charge is -2.41. The number of rotatable bonds is 7. The molecule has 0 spiro atoms. The predicted octanol–water partition coefficient (Wildman–Crippen LogP) is 5.67. The molecule has 4 nitrogen and oxygen atoms in total. The summed E-state index contributed by atoms with van der Waals surface area (Å²) in [6.45, 7) is 5.66. The van der Waals surface area contributed by atoms with Crippen molar-refractivity contribution in [1.29, 1.82) is 0 Å². The highest BCUT2D eigenvalue weighted by atomic mass is 16.2. The molecule has 0 bridgehead atoms. The summed E-state index contributed by atoms with van der Waals surface area (Å²) in [4.78, 5) is 17.9. The van der Waals surface area contributed by atoms with Crippen molar-refractivity contribution < 1.29 is 4.79 Å². The van der Waals surface area contributed by atoms with E-state index in [0.717, 1.165) is 42.1 Å². The number of hydrogen-bond donors (Lipinski definition) is 1. The fraction of sp³-hybridized carbons (Fsp3) is 0.367. The Bertz CT molecular complexity index is 1080. The van der Waals surface area contributed by atoms with E-state index >= 15 is 0 Å². The number of hydrogen-bond acceptors (Lipinski definition) is 3. The van der Waals surface area contributed by atoms with Crippen LogP contribution in [0.25, 0.3) is 0 Å². The highest BCUT2D eigenvalue weighted by molar-refractivity contribution is 6.02. The molecule has 1 amide bonds. The zero-order valence-corrected chi connectivity index (χ0v) is 20.1. The van der Waals surface area contributed by atoms with Crippen molar-refractivity contribution in [3.63, 3.8) is 0 Å². The summed E-state index contributed by atoms with van der Waals surface area (Å²) in [6.07, 6.45) is 4.64. The standard InChI is InChI=1S/C30H35N3O/c1-23(22-25-10-4-2-5-11-25)32-19-16-24(17-20-32)18-21-33-28-15-9-8-14-27(28)30(34)31-29(33)26-12-6-3-7-13-26/h2-15,23-24,29H,16-22H2,1H3,(H,31,34). The third kappa shape index (κ3) is 5.02. The van der Waals surface area contributed by atoms with Crippen LogP contribution >= 0.6 is 0 Å². The number of anilines is 1. The first-order valence-corrected chi connectivity index (χ1v) is 12.7. The highest BCUT2D eigenvalue weighted by Gasteiger charge is 2.32. The quantitative estimate of drug-likeness (QED) is 0.501. The van der Waals surface area contributed by atoms with Crippen molar-refractivity contribution in [2.75, 3.05) is 24.5 Å². The van der Waals surface area contributed by atoms with Gasteiger partial charge in [0.05, 0.1) is 11.3 Å². The first-order valence-electron chi connectivity index (χ1n) is 12.7. The van der Waals surface area contributed by atoms with Gasteiger partial charge in [0.2, 0.25) is 0 Å². The number of amides is 1. The van der Waals surface area contributed by atoms with E-state index in [9.17, 15) is 4.79 Å². The Hall–Kier alpha value is -3.11. The maximum atomic E-state index is 12.8. The molecular formula is C30H35N3O. The largest absolute Gasteiger partial charge is 0.347 e. The van der Waals surface area contributed by atoms with Crippen LogP contribution in [0.5, 0.6) is 0 Å². The van der Waals surface area contributed by atoms with E-state index in [1.54, 1.807) is 0 Å². The van der Waals surface area contributed by atoms with E-state index in [2.05, 4.69) is 70.6 Å². The van der Waals surface area contributed by atoms with Crippen LogP contribution in [-0.2, 0) is 6.42 Å². The Labute approximate surface area is 203 Å². The van der Waals surface area contributed by atoms with Gasteiger partial charge >= 0.3 is 0 Å². The van der Waals surface area contributed by atoms with Crippen LogP contribution in [0.2, 0.25) is 0 Å². The van der Waals surface area contributed by atoms with Gasteiger partial charge in [-0.25, -0.2) is 0 Å². The van der Waals surface area contributed by atoms with Crippen molar-refractivity contribution in [2.24, 2.45) is 5.92 Å². The normalized spacial score (nSPS) is 20.0. The second-order valence-electron chi connectivity index (χ2n) is 9.80. The summed E-state index contributed by atoms with van der Waals surface area (Å²) in [7, 11) is 0. The van der Waals surface area contributed by atoms with Gasteiger partial charge in [-0.15, -0.1) is 0 Å². The zero-order valence-electron chi connectivity index (χ0n) is 20.1. The Morgan fingerprint density at radius 3 is 2.26 bits per heavy atom. The SMILES string of the molecule is CC(Cc1ccccc1)N1CCC(CCN2c3ccccc3C(=O)NC2c2ccccc2)CC1. The van der Waals surface area contributed by atoms with Gasteiger partial charge in [-0.3, -0.25) is 4.79 Å². The monoisotopic (exact) mass is 453 g/mol. The van der Waals surface area contributed by atoms with Gasteiger partial charge in [0.25, 0.3) is 5.91 Å². The van der Waals surface area contributed by atoms with Crippen LogP contribution in [0.15, 0.2) is 84.9 Å². The predicted molar refractivity (Wildman–Crippen MR) is 139 cm³/mol. The molecule has 2 unspecified atom stereocenters. The smallest absolute Gasteiger partial charge is 0.255 e. The number of benzene rings is 3. The number of para-hydroxylation sites is 1. The highest BCUT2D eigenvalue weighted by Crippen LogP contribution is 2.34. The molecule has 0 saturated carbocycles. The first kappa shape index (κ1) is 22.7. The maximum Gasteiger partial charge on any atom is 0.255 e. The van der Waals surface area contributed by atoms with Crippen LogP contribution in [0.3, 0.4) is 0 Å². The lowest BCUT2D eigenvalue weighted by atomic mass is 9.91.